The Morgan fingerprint density at radius 3 is 2.36 bits per heavy atom. The molecule has 2 amide bonds. The van der Waals surface area contributed by atoms with Gasteiger partial charge in [-0.25, -0.2) is 0 Å². The van der Waals surface area contributed by atoms with Crippen LogP contribution < -0.4 is 10.6 Å². The monoisotopic (exact) mass is 383 g/mol. The van der Waals surface area contributed by atoms with E-state index in [0.717, 1.165) is 5.56 Å². The molecule has 0 saturated carbocycles. The summed E-state index contributed by atoms with van der Waals surface area (Å²) in [6.07, 6.45) is 3.44. The van der Waals surface area contributed by atoms with Crippen LogP contribution in [0.4, 0.5) is 0 Å². The Morgan fingerprint density at radius 1 is 1.07 bits per heavy atom. The van der Waals surface area contributed by atoms with E-state index in [1.807, 2.05) is 44.2 Å². The molecule has 1 unspecified atom stereocenters. The molecular weight excluding hydrogens is 357 g/mol. The van der Waals surface area contributed by atoms with Gasteiger partial charge < -0.3 is 20.7 Å². The molecule has 2 aromatic rings. The molecular formula is C20H26BN3O4. The van der Waals surface area contributed by atoms with E-state index in [1.165, 1.54) is 6.20 Å². The van der Waals surface area contributed by atoms with Crippen molar-refractivity contribution in [3.05, 3.63) is 66.0 Å². The highest BCUT2D eigenvalue weighted by atomic mass is 16.4. The molecule has 0 aliphatic rings. The minimum absolute atomic E-state index is 0.0304. The topological polar surface area (TPSA) is 112 Å². The lowest BCUT2D eigenvalue weighted by Gasteiger charge is -2.23. The first-order chi connectivity index (χ1) is 13.4. The molecule has 8 heteroatoms. The standard InChI is InChI=1S/C20H26BN3O4/c1-14(2)11-18(21(27)28)24-19(25)12-17(15-7-4-3-5-8-15)23-20(26)16-9-6-10-22-13-16/h3-10,13-14,17-18,27-28H,11-12H2,1-2H3,(H,23,26)(H,24,25)/t17?,18-/m0/s1. The summed E-state index contributed by atoms with van der Waals surface area (Å²) in [5, 5.41) is 24.6. The third kappa shape index (κ3) is 6.79. The Kier molecular flexibility index (Phi) is 8.16. The molecule has 0 aliphatic carbocycles. The molecule has 1 heterocycles. The summed E-state index contributed by atoms with van der Waals surface area (Å²) >= 11 is 0. The molecule has 0 radical (unpaired) electrons. The van der Waals surface area contributed by atoms with Gasteiger partial charge in [-0.3, -0.25) is 14.6 Å². The maximum absolute atomic E-state index is 12.5. The molecule has 4 N–H and O–H groups in total. The molecule has 7 nitrogen and oxygen atoms in total. The van der Waals surface area contributed by atoms with E-state index in [-0.39, 0.29) is 24.2 Å². The molecule has 0 spiro atoms. The van der Waals surface area contributed by atoms with Crippen LogP contribution in [0.15, 0.2) is 54.9 Å². The average molecular weight is 383 g/mol. The fourth-order valence-corrected chi connectivity index (χ4v) is 2.89. The molecule has 0 aliphatic heterocycles. The van der Waals surface area contributed by atoms with Crippen LogP contribution in [0.5, 0.6) is 0 Å². The van der Waals surface area contributed by atoms with Crippen molar-refractivity contribution >= 4 is 18.9 Å². The van der Waals surface area contributed by atoms with Gasteiger partial charge in [-0.1, -0.05) is 44.2 Å². The largest absolute Gasteiger partial charge is 0.475 e. The van der Waals surface area contributed by atoms with Gasteiger partial charge in [0.15, 0.2) is 0 Å². The quantitative estimate of drug-likeness (QED) is 0.490. The number of benzene rings is 1. The summed E-state index contributed by atoms with van der Waals surface area (Å²) in [5.74, 6) is -1.30. The lowest BCUT2D eigenvalue weighted by Crippen LogP contribution is -2.48. The first-order valence-corrected chi connectivity index (χ1v) is 9.28. The van der Waals surface area contributed by atoms with Crippen LogP contribution in [0.25, 0.3) is 0 Å². The Morgan fingerprint density at radius 2 is 1.79 bits per heavy atom. The molecule has 28 heavy (non-hydrogen) atoms. The lowest BCUT2D eigenvalue weighted by atomic mass is 9.75. The van der Waals surface area contributed by atoms with Crippen molar-refractivity contribution in [1.29, 1.82) is 0 Å². The van der Waals surface area contributed by atoms with Crippen molar-refractivity contribution in [2.75, 3.05) is 0 Å². The fraction of sp³-hybridized carbons (Fsp3) is 0.350. The highest BCUT2D eigenvalue weighted by Gasteiger charge is 2.27. The Hall–Kier alpha value is -2.71. The highest BCUT2D eigenvalue weighted by Crippen LogP contribution is 2.18. The lowest BCUT2D eigenvalue weighted by molar-refractivity contribution is -0.122. The predicted octanol–water partition coefficient (Wildman–Crippen LogP) is 1.49. The predicted molar refractivity (Wildman–Crippen MR) is 107 cm³/mol. The van der Waals surface area contributed by atoms with E-state index in [4.69, 9.17) is 0 Å². The van der Waals surface area contributed by atoms with E-state index in [9.17, 15) is 19.6 Å². The molecule has 1 aromatic carbocycles. The Bertz CT molecular complexity index is 757. The minimum Gasteiger partial charge on any atom is -0.426 e. The van der Waals surface area contributed by atoms with Crippen LogP contribution in [0, 0.1) is 5.92 Å². The van der Waals surface area contributed by atoms with E-state index in [2.05, 4.69) is 15.6 Å². The third-order valence-corrected chi connectivity index (χ3v) is 4.25. The molecule has 1 aromatic heterocycles. The molecule has 0 bridgehead atoms. The normalized spacial score (nSPS) is 12.9. The first-order valence-electron chi connectivity index (χ1n) is 9.28. The van der Waals surface area contributed by atoms with Crippen molar-refractivity contribution in [3.63, 3.8) is 0 Å². The maximum atomic E-state index is 12.5. The molecule has 0 saturated heterocycles. The van der Waals surface area contributed by atoms with Gasteiger partial charge in [0.05, 0.1) is 24.0 Å². The zero-order valence-corrected chi connectivity index (χ0v) is 16.1. The Labute approximate surface area is 165 Å². The molecule has 2 atom stereocenters. The molecule has 0 fully saturated rings. The van der Waals surface area contributed by atoms with Gasteiger partial charge in [0.1, 0.15) is 0 Å². The van der Waals surface area contributed by atoms with Crippen LogP contribution in [-0.4, -0.2) is 39.9 Å². The van der Waals surface area contributed by atoms with Crippen molar-refractivity contribution in [2.24, 2.45) is 5.92 Å². The summed E-state index contributed by atoms with van der Waals surface area (Å²) in [5.41, 5.74) is 1.17. The van der Waals surface area contributed by atoms with Gasteiger partial charge in [-0.05, 0) is 30.0 Å². The summed E-state index contributed by atoms with van der Waals surface area (Å²) in [7, 11) is -1.65. The number of nitrogens with zero attached hydrogens (tertiary/aromatic N) is 1. The third-order valence-electron chi connectivity index (χ3n) is 4.25. The summed E-state index contributed by atoms with van der Waals surface area (Å²) < 4.78 is 0. The second-order valence-corrected chi connectivity index (χ2v) is 7.10. The van der Waals surface area contributed by atoms with Gasteiger partial charge in [0, 0.05) is 12.4 Å². The zero-order chi connectivity index (χ0) is 20.5. The van der Waals surface area contributed by atoms with Crippen LogP contribution in [0.3, 0.4) is 0 Å². The highest BCUT2D eigenvalue weighted by molar-refractivity contribution is 6.43. The van der Waals surface area contributed by atoms with Crippen LogP contribution >= 0.6 is 0 Å². The zero-order valence-electron chi connectivity index (χ0n) is 16.1. The summed E-state index contributed by atoms with van der Waals surface area (Å²) in [6.45, 7) is 3.87. The minimum atomic E-state index is -1.65. The number of carbonyl (C=O) groups is 2. The van der Waals surface area contributed by atoms with Crippen molar-refractivity contribution in [3.8, 4) is 0 Å². The van der Waals surface area contributed by atoms with Gasteiger partial charge >= 0.3 is 7.12 Å². The smallest absolute Gasteiger partial charge is 0.426 e. The van der Waals surface area contributed by atoms with Gasteiger partial charge in [-0.15, -0.1) is 0 Å². The molecule has 2 rings (SSSR count). The maximum Gasteiger partial charge on any atom is 0.475 e. The number of nitrogens with one attached hydrogen (secondary N) is 2. The van der Waals surface area contributed by atoms with Gasteiger partial charge in [0.25, 0.3) is 5.91 Å². The van der Waals surface area contributed by atoms with Crippen LogP contribution in [-0.2, 0) is 4.79 Å². The number of aromatic nitrogens is 1. The summed E-state index contributed by atoms with van der Waals surface area (Å²) in [6, 6.07) is 11.9. The van der Waals surface area contributed by atoms with E-state index < -0.39 is 19.1 Å². The van der Waals surface area contributed by atoms with Gasteiger partial charge in [-0.2, -0.15) is 0 Å². The van der Waals surface area contributed by atoms with Crippen molar-refractivity contribution in [1.82, 2.24) is 15.6 Å². The SMILES string of the molecule is CC(C)C[C@H](NC(=O)CC(NC(=O)c1cccnc1)c1ccccc1)B(O)O. The average Bonchev–Trinajstić information content (AvgIpc) is 2.67. The Balaban J connectivity index is 2.11. The van der Waals surface area contributed by atoms with Crippen molar-refractivity contribution in [2.45, 2.75) is 38.7 Å². The van der Waals surface area contributed by atoms with E-state index in [1.54, 1.807) is 18.3 Å². The number of carbonyl (C=O) groups excluding carboxylic acids is 2. The summed E-state index contributed by atoms with van der Waals surface area (Å²) in [4.78, 5) is 29.0. The van der Waals surface area contributed by atoms with Crippen LogP contribution in [0.2, 0.25) is 0 Å². The second-order valence-electron chi connectivity index (χ2n) is 7.10. The van der Waals surface area contributed by atoms with Crippen LogP contribution in [0.1, 0.15) is 48.7 Å². The van der Waals surface area contributed by atoms with E-state index >= 15 is 0 Å². The first kappa shape index (κ1) is 21.6. The van der Waals surface area contributed by atoms with E-state index in [0.29, 0.717) is 12.0 Å². The number of rotatable bonds is 9. The second kappa shape index (κ2) is 10.6. The van der Waals surface area contributed by atoms with Gasteiger partial charge in [0.2, 0.25) is 5.91 Å². The van der Waals surface area contributed by atoms with Crippen molar-refractivity contribution < 1.29 is 19.6 Å². The number of hydrogen-bond donors (Lipinski definition) is 4. The molecule has 148 valence electrons. The fourth-order valence-electron chi connectivity index (χ4n) is 2.89. The number of pyridine rings is 1. The number of hydrogen-bond acceptors (Lipinski definition) is 5. The number of amides is 2.